The highest BCUT2D eigenvalue weighted by atomic mass is 32.2. The number of H-pyrrole nitrogens is 2. The molecule has 19 heavy (non-hydrogen) atoms. The first-order valence-electron chi connectivity index (χ1n) is 6.11. The summed E-state index contributed by atoms with van der Waals surface area (Å²) in [6, 6.07) is 8.12. The zero-order valence-electron chi connectivity index (χ0n) is 10.3. The lowest BCUT2D eigenvalue weighted by Crippen LogP contribution is -1.86. The van der Waals surface area contributed by atoms with Gasteiger partial charge in [0.15, 0.2) is 10.3 Å². The van der Waals surface area contributed by atoms with Crippen LogP contribution in [0.5, 0.6) is 0 Å². The Kier molecular flexibility index (Phi) is 4.10. The lowest BCUT2D eigenvalue weighted by atomic mass is 10.3. The third-order valence-electron chi connectivity index (χ3n) is 2.61. The molecule has 0 fully saturated rings. The van der Waals surface area contributed by atoms with Crippen molar-refractivity contribution < 1.29 is 0 Å². The molecule has 3 rings (SSSR count). The van der Waals surface area contributed by atoms with Crippen molar-refractivity contribution in [3.05, 3.63) is 36.7 Å². The van der Waals surface area contributed by atoms with Gasteiger partial charge in [-0.25, -0.2) is 9.97 Å². The normalized spacial score (nSPS) is 11.2. The van der Waals surface area contributed by atoms with Gasteiger partial charge in [-0.3, -0.25) is 0 Å². The fraction of sp³-hybridized carbons (Fsp3) is 0.231. The Morgan fingerprint density at radius 1 is 1.05 bits per heavy atom. The highest BCUT2D eigenvalue weighted by molar-refractivity contribution is 8.00. The van der Waals surface area contributed by atoms with Crippen LogP contribution >= 0.6 is 23.5 Å². The van der Waals surface area contributed by atoms with Crippen LogP contribution in [0.1, 0.15) is 6.42 Å². The molecule has 0 aliphatic rings. The van der Waals surface area contributed by atoms with Crippen LogP contribution in [0.25, 0.3) is 11.0 Å². The van der Waals surface area contributed by atoms with E-state index < -0.39 is 0 Å². The van der Waals surface area contributed by atoms with Crippen molar-refractivity contribution in [2.75, 3.05) is 11.5 Å². The number of hydrogen-bond donors (Lipinski definition) is 2. The second kappa shape index (κ2) is 6.16. The maximum atomic E-state index is 4.54. The van der Waals surface area contributed by atoms with E-state index in [1.54, 1.807) is 29.7 Å². The minimum atomic E-state index is 0.994. The molecular weight excluding hydrogens is 276 g/mol. The standard InChI is InChI=1S/C13H14N4S2/c1-2-5-11-10(4-1)16-13(17-11)19-9-3-8-18-12-14-6-7-15-12/h1-2,4-7H,3,8-9H2,(H,14,15)(H,16,17). The van der Waals surface area contributed by atoms with E-state index in [2.05, 4.69) is 26.0 Å². The van der Waals surface area contributed by atoms with Crippen molar-refractivity contribution in [1.82, 2.24) is 19.9 Å². The van der Waals surface area contributed by atoms with E-state index in [9.17, 15) is 0 Å². The summed E-state index contributed by atoms with van der Waals surface area (Å²) in [4.78, 5) is 15.1. The number of hydrogen-bond acceptors (Lipinski definition) is 4. The summed E-state index contributed by atoms with van der Waals surface area (Å²) >= 11 is 3.53. The van der Waals surface area contributed by atoms with Gasteiger partial charge < -0.3 is 9.97 Å². The Labute approximate surface area is 119 Å². The number of fused-ring (bicyclic) bond motifs is 1. The maximum absolute atomic E-state index is 4.54. The van der Waals surface area contributed by atoms with E-state index in [0.29, 0.717) is 0 Å². The summed E-state index contributed by atoms with van der Waals surface area (Å²) in [5.74, 6) is 2.13. The second-order valence-corrected chi connectivity index (χ2v) is 6.17. The number of nitrogens with zero attached hydrogens (tertiary/aromatic N) is 2. The molecule has 0 aliphatic carbocycles. The lowest BCUT2D eigenvalue weighted by molar-refractivity contribution is 1.03. The van der Waals surface area contributed by atoms with E-state index in [0.717, 1.165) is 39.3 Å². The van der Waals surface area contributed by atoms with Gasteiger partial charge in [-0.1, -0.05) is 35.7 Å². The summed E-state index contributed by atoms with van der Waals surface area (Å²) in [7, 11) is 0. The van der Waals surface area contributed by atoms with Crippen molar-refractivity contribution in [2.45, 2.75) is 16.7 Å². The van der Waals surface area contributed by atoms with Crippen molar-refractivity contribution in [1.29, 1.82) is 0 Å². The molecule has 0 saturated heterocycles. The van der Waals surface area contributed by atoms with E-state index in [4.69, 9.17) is 0 Å². The molecule has 3 aromatic rings. The molecule has 0 unspecified atom stereocenters. The third-order valence-corrected chi connectivity index (χ3v) is 4.56. The first-order valence-corrected chi connectivity index (χ1v) is 8.09. The monoisotopic (exact) mass is 290 g/mol. The molecule has 0 saturated carbocycles. The van der Waals surface area contributed by atoms with Crippen LogP contribution in [0.2, 0.25) is 0 Å². The summed E-state index contributed by atoms with van der Waals surface area (Å²) < 4.78 is 0. The summed E-state index contributed by atoms with van der Waals surface area (Å²) in [6.45, 7) is 0. The Morgan fingerprint density at radius 3 is 2.68 bits per heavy atom. The zero-order valence-corrected chi connectivity index (χ0v) is 11.9. The van der Waals surface area contributed by atoms with Crippen LogP contribution in [-0.2, 0) is 0 Å². The second-order valence-electron chi connectivity index (χ2n) is 4.00. The summed E-state index contributed by atoms with van der Waals surface area (Å²) in [5, 5.41) is 2.00. The number of imidazole rings is 2. The molecular formula is C13H14N4S2. The highest BCUT2D eigenvalue weighted by Crippen LogP contribution is 2.21. The first-order chi connectivity index (χ1) is 9.42. The molecule has 0 spiro atoms. The van der Waals surface area contributed by atoms with Crippen molar-refractivity contribution in [3.8, 4) is 0 Å². The topological polar surface area (TPSA) is 57.4 Å². The van der Waals surface area contributed by atoms with Gasteiger partial charge in [-0.15, -0.1) is 0 Å². The average molecular weight is 290 g/mol. The fourth-order valence-corrected chi connectivity index (χ4v) is 3.50. The van der Waals surface area contributed by atoms with Crippen molar-refractivity contribution >= 4 is 34.6 Å². The molecule has 0 bridgehead atoms. The Bertz CT molecular complexity index is 600. The molecule has 0 aliphatic heterocycles. The van der Waals surface area contributed by atoms with Gasteiger partial charge in [-0.05, 0) is 18.6 Å². The number of rotatable bonds is 6. The van der Waals surface area contributed by atoms with Gasteiger partial charge in [0.2, 0.25) is 0 Å². The molecule has 2 aromatic heterocycles. The van der Waals surface area contributed by atoms with Crippen LogP contribution in [0.4, 0.5) is 0 Å². The molecule has 0 atom stereocenters. The first kappa shape index (κ1) is 12.6. The predicted molar refractivity (Wildman–Crippen MR) is 80.7 cm³/mol. The fourth-order valence-electron chi connectivity index (χ4n) is 1.72. The van der Waals surface area contributed by atoms with Crippen LogP contribution in [-0.4, -0.2) is 31.4 Å². The van der Waals surface area contributed by atoms with E-state index in [1.807, 2.05) is 24.4 Å². The molecule has 1 aromatic carbocycles. The largest absolute Gasteiger partial charge is 0.340 e. The quantitative estimate of drug-likeness (QED) is 0.538. The highest BCUT2D eigenvalue weighted by Gasteiger charge is 2.02. The van der Waals surface area contributed by atoms with Crippen LogP contribution in [0.3, 0.4) is 0 Å². The average Bonchev–Trinajstić information content (AvgIpc) is 3.06. The number of aromatic amines is 2. The van der Waals surface area contributed by atoms with E-state index in [1.165, 1.54) is 0 Å². The van der Waals surface area contributed by atoms with Gasteiger partial charge in [-0.2, -0.15) is 0 Å². The molecule has 4 nitrogen and oxygen atoms in total. The molecule has 6 heteroatoms. The number of thioether (sulfide) groups is 2. The van der Waals surface area contributed by atoms with Gasteiger partial charge in [0.1, 0.15) is 0 Å². The SMILES string of the molecule is c1ccc2[nH]c(SCCCSc3ncc[nH]3)nc2c1. The Balaban J connectivity index is 1.44. The van der Waals surface area contributed by atoms with Gasteiger partial charge >= 0.3 is 0 Å². The minimum Gasteiger partial charge on any atom is -0.340 e. The van der Waals surface area contributed by atoms with Crippen LogP contribution in [0.15, 0.2) is 47.0 Å². The van der Waals surface area contributed by atoms with Gasteiger partial charge in [0, 0.05) is 23.9 Å². The van der Waals surface area contributed by atoms with Crippen LogP contribution < -0.4 is 0 Å². The zero-order chi connectivity index (χ0) is 12.9. The smallest absolute Gasteiger partial charge is 0.166 e. The number of benzene rings is 1. The lowest BCUT2D eigenvalue weighted by Gasteiger charge is -1.97. The Hall–Kier alpha value is -1.40. The van der Waals surface area contributed by atoms with Gasteiger partial charge in [0.25, 0.3) is 0 Å². The van der Waals surface area contributed by atoms with Crippen molar-refractivity contribution in [2.24, 2.45) is 0 Å². The summed E-state index contributed by atoms with van der Waals surface area (Å²) in [5.41, 5.74) is 2.14. The minimum absolute atomic E-state index is 0.994. The molecule has 0 radical (unpaired) electrons. The molecule has 98 valence electrons. The third kappa shape index (κ3) is 3.33. The molecule has 2 N–H and O–H groups in total. The summed E-state index contributed by atoms with van der Waals surface area (Å²) in [6.07, 6.45) is 4.77. The molecule has 0 amide bonds. The number of aromatic nitrogens is 4. The number of para-hydroxylation sites is 2. The van der Waals surface area contributed by atoms with E-state index in [-0.39, 0.29) is 0 Å². The van der Waals surface area contributed by atoms with Crippen LogP contribution in [0, 0.1) is 0 Å². The maximum Gasteiger partial charge on any atom is 0.166 e. The molecule has 2 heterocycles. The predicted octanol–water partition coefficient (Wildman–Crippen LogP) is 3.56. The van der Waals surface area contributed by atoms with E-state index >= 15 is 0 Å². The van der Waals surface area contributed by atoms with Gasteiger partial charge in [0.05, 0.1) is 11.0 Å². The van der Waals surface area contributed by atoms with Crippen molar-refractivity contribution in [3.63, 3.8) is 0 Å². The Morgan fingerprint density at radius 2 is 1.89 bits per heavy atom. The number of nitrogens with one attached hydrogen (secondary N) is 2.